The van der Waals surface area contributed by atoms with Gasteiger partial charge in [-0.2, -0.15) is 0 Å². The van der Waals surface area contributed by atoms with Gasteiger partial charge in [0.1, 0.15) is 5.41 Å². The summed E-state index contributed by atoms with van der Waals surface area (Å²) >= 11 is 0. The molecule has 1 aliphatic carbocycles. The number of carbonyl (C=O) groups is 2. The molecule has 0 aromatic rings. The molecule has 0 aromatic heterocycles. The summed E-state index contributed by atoms with van der Waals surface area (Å²) in [6, 6.07) is 0.596. The fraction of sp³-hybridized carbons (Fsp3) is 0.765. The van der Waals surface area contributed by atoms with Crippen molar-refractivity contribution in [1.29, 1.82) is 0 Å². The molecule has 22 heavy (non-hydrogen) atoms. The van der Waals surface area contributed by atoms with Gasteiger partial charge in [0.2, 0.25) is 5.91 Å². The average molecular weight is 306 g/mol. The Balaban J connectivity index is 1.83. The Bertz CT molecular complexity index is 490. The van der Waals surface area contributed by atoms with Crippen LogP contribution in [-0.2, 0) is 9.59 Å². The number of likely N-dealkylation sites (tertiary alicyclic amines) is 2. The molecule has 2 fully saturated rings. The van der Waals surface area contributed by atoms with Crippen molar-refractivity contribution in [2.45, 2.75) is 57.0 Å². The number of allylic oxidation sites excluding steroid dienone is 2. The number of carboxylic acids is 1. The lowest BCUT2D eigenvalue weighted by Gasteiger charge is -2.39. The van der Waals surface area contributed by atoms with Crippen LogP contribution in [0.5, 0.6) is 0 Å². The summed E-state index contributed by atoms with van der Waals surface area (Å²) in [4.78, 5) is 29.2. The lowest BCUT2D eigenvalue weighted by atomic mass is 9.75. The van der Waals surface area contributed by atoms with E-state index in [0.717, 1.165) is 25.8 Å². The predicted molar refractivity (Wildman–Crippen MR) is 83.4 cm³/mol. The summed E-state index contributed by atoms with van der Waals surface area (Å²) in [5, 5.41) is 9.73. The third-order valence-corrected chi connectivity index (χ3v) is 5.77. The molecule has 1 N–H and O–H groups in total. The van der Waals surface area contributed by atoms with Crippen LogP contribution in [0.25, 0.3) is 0 Å². The van der Waals surface area contributed by atoms with Crippen molar-refractivity contribution >= 4 is 11.9 Å². The number of aliphatic carboxylic acids is 1. The second kappa shape index (κ2) is 6.03. The molecule has 3 rings (SSSR count). The van der Waals surface area contributed by atoms with Gasteiger partial charge in [-0.15, -0.1) is 0 Å². The Hall–Kier alpha value is -1.36. The van der Waals surface area contributed by atoms with Gasteiger partial charge < -0.3 is 14.9 Å². The van der Waals surface area contributed by atoms with Gasteiger partial charge in [0.05, 0.1) is 0 Å². The Kier molecular flexibility index (Phi) is 4.26. The number of carboxylic acid groups (broad SMARTS) is 1. The molecule has 3 unspecified atom stereocenters. The summed E-state index contributed by atoms with van der Waals surface area (Å²) < 4.78 is 0. The lowest BCUT2D eigenvalue weighted by Crippen LogP contribution is -2.54. The van der Waals surface area contributed by atoms with E-state index >= 15 is 0 Å². The maximum atomic E-state index is 13.1. The first-order valence-electron chi connectivity index (χ1n) is 8.46. The molecule has 5 heteroatoms. The molecule has 1 amide bonds. The topological polar surface area (TPSA) is 60.9 Å². The molecular formula is C17H26N2O3. The minimum absolute atomic E-state index is 0.146. The van der Waals surface area contributed by atoms with Crippen LogP contribution in [0.3, 0.4) is 0 Å². The fourth-order valence-electron chi connectivity index (χ4n) is 4.46. The van der Waals surface area contributed by atoms with Crippen molar-refractivity contribution in [3.8, 4) is 0 Å². The highest BCUT2D eigenvalue weighted by atomic mass is 16.4. The van der Waals surface area contributed by atoms with E-state index in [2.05, 4.69) is 11.9 Å². The second-order valence-corrected chi connectivity index (χ2v) is 7.00. The predicted octanol–water partition coefficient (Wildman–Crippen LogP) is 1.88. The molecule has 122 valence electrons. The molecule has 3 aliphatic rings. The van der Waals surface area contributed by atoms with E-state index in [0.29, 0.717) is 31.8 Å². The van der Waals surface area contributed by atoms with Crippen molar-refractivity contribution in [3.63, 3.8) is 0 Å². The van der Waals surface area contributed by atoms with Gasteiger partial charge in [-0.25, -0.2) is 0 Å². The van der Waals surface area contributed by atoms with Gasteiger partial charge in [0, 0.05) is 18.6 Å². The van der Waals surface area contributed by atoms with Crippen LogP contribution in [0.2, 0.25) is 0 Å². The van der Waals surface area contributed by atoms with Crippen LogP contribution in [-0.4, -0.2) is 59.0 Å². The normalized spacial score (nSPS) is 36.0. The van der Waals surface area contributed by atoms with Crippen LogP contribution < -0.4 is 0 Å². The first kappa shape index (κ1) is 15.5. The number of hydrogen-bond donors (Lipinski definition) is 1. The van der Waals surface area contributed by atoms with E-state index < -0.39 is 11.4 Å². The van der Waals surface area contributed by atoms with Crippen LogP contribution in [0.4, 0.5) is 0 Å². The number of likely N-dealkylation sites (N-methyl/N-ethyl adjacent to an activating group) is 1. The first-order valence-corrected chi connectivity index (χ1v) is 8.46. The molecule has 0 saturated carbocycles. The van der Waals surface area contributed by atoms with Crippen LogP contribution >= 0.6 is 0 Å². The van der Waals surface area contributed by atoms with E-state index in [1.165, 1.54) is 6.42 Å². The van der Waals surface area contributed by atoms with Crippen molar-refractivity contribution < 1.29 is 14.7 Å². The average Bonchev–Trinajstić information content (AvgIpc) is 3.15. The summed E-state index contributed by atoms with van der Waals surface area (Å²) in [5.74, 6) is -1.10. The van der Waals surface area contributed by atoms with Crippen molar-refractivity contribution in [3.05, 3.63) is 12.2 Å². The quantitative estimate of drug-likeness (QED) is 0.639. The van der Waals surface area contributed by atoms with Crippen LogP contribution in [0.15, 0.2) is 12.2 Å². The number of carbonyl (C=O) groups excluding carboxylic acids is 1. The largest absolute Gasteiger partial charge is 0.480 e. The Morgan fingerprint density at radius 2 is 1.86 bits per heavy atom. The maximum absolute atomic E-state index is 13.1. The molecule has 2 heterocycles. The molecule has 2 saturated heterocycles. The Labute approximate surface area is 132 Å². The third kappa shape index (κ3) is 2.45. The zero-order valence-corrected chi connectivity index (χ0v) is 13.3. The number of nitrogens with zero attached hydrogens (tertiary/aromatic N) is 2. The Morgan fingerprint density at radius 3 is 2.45 bits per heavy atom. The number of hydrogen-bond acceptors (Lipinski definition) is 3. The zero-order chi connectivity index (χ0) is 15.7. The molecule has 0 aromatic carbocycles. The lowest BCUT2D eigenvalue weighted by molar-refractivity contribution is -0.162. The van der Waals surface area contributed by atoms with E-state index in [1.807, 2.05) is 17.1 Å². The standard InChI is InChI=1S/C17H26N2O3/c1-18-11-5-7-13(18)14-8-6-12-19(14)15(20)17(16(21)22)9-3-2-4-10-17/h2-3,13-14H,4-12H2,1H3,(H,21,22). The van der Waals surface area contributed by atoms with Gasteiger partial charge in [-0.1, -0.05) is 12.2 Å². The molecule has 5 nitrogen and oxygen atoms in total. The summed E-state index contributed by atoms with van der Waals surface area (Å²) in [5.41, 5.74) is -1.23. The summed E-state index contributed by atoms with van der Waals surface area (Å²) in [6.07, 6.45) is 9.59. The zero-order valence-electron chi connectivity index (χ0n) is 13.3. The van der Waals surface area contributed by atoms with Crippen molar-refractivity contribution in [2.75, 3.05) is 20.1 Å². The van der Waals surface area contributed by atoms with Crippen LogP contribution in [0.1, 0.15) is 44.9 Å². The second-order valence-electron chi connectivity index (χ2n) is 7.00. The highest BCUT2D eigenvalue weighted by Crippen LogP contribution is 2.39. The molecule has 0 bridgehead atoms. The smallest absolute Gasteiger partial charge is 0.319 e. The minimum atomic E-state index is -1.23. The molecule has 2 aliphatic heterocycles. The van der Waals surface area contributed by atoms with Crippen molar-refractivity contribution in [1.82, 2.24) is 9.80 Å². The minimum Gasteiger partial charge on any atom is -0.480 e. The summed E-state index contributed by atoms with van der Waals surface area (Å²) in [6.45, 7) is 1.79. The van der Waals surface area contributed by atoms with E-state index in [4.69, 9.17) is 0 Å². The van der Waals surface area contributed by atoms with Gasteiger partial charge >= 0.3 is 5.97 Å². The summed E-state index contributed by atoms with van der Waals surface area (Å²) in [7, 11) is 2.12. The van der Waals surface area contributed by atoms with E-state index in [1.54, 1.807) is 0 Å². The SMILES string of the molecule is CN1CCCC1C1CCCN1C(=O)C1(C(=O)O)CC=CCC1. The highest BCUT2D eigenvalue weighted by molar-refractivity contribution is 6.02. The molecule has 0 spiro atoms. The van der Waals surface area contributed by atoms with Gasteiger partial charge in [0.15, 0.2) is 0 Å². The van der Waals surface area contributed by atoms with Crippen LogP contribution in [0, 0.1) is 5.41 Å². The van der Waals surface area contributed by atoms with Gasteiger partial charge in [-0.3, -0.25) is 9.59 Å². The molecule has 0 radical (unpaired) electrons. The number of rotatable bonds is 3. The highest BCUT2D eigenvalue weighted by Gasteiger charge is 2.51. The van der Waals surface area contributed by atoms with E-state index in [-0.39, 0.29) is 11.9 Å². The molecular weight excluding hydrogens is 280 g/mol. The van der Waals surface area contributed by atoms with Gasteiger partial charge in [-0.05, 0) is 58.5 Å². The number of amides is 1. The van der Waals surface area contributed by atoms with E-state index in [9.17, 15) is 14.7 Å². The molecule has 3 atom stereocenters. The third-order valence-electron chi connectivity index (χ3n) is 5.77. The Morgan fingerprint density at radius 1 is 1.14 bits per heavy atom. The fourth-order valence-corrected chi connectivity index (χ4v) is 4.46. The monoisotopic (exact) mass is 306 g/mol. The van der Waals surface area contributed by atoms with Crippen molar-refractivity contribution in [2.24, 2.45) is 5.41 Å². The maximum Gasteiger partial charge on any atom is 0.319 e. The first-order chi connectivity index (χ1) is 10.6. The van der Waals surface area contributed by atoms with Gasteiger partial charge in [0.25, 0.3) is 0 Å².